The Labute approximate surface area is 170 Å². The van der Waals surface area contributed by atoms with Gasteiger partial charge in [-0.25, -0.2) is 0 Å². The highest BCUT2D eigenvalue weighted by molar-refractivity contribution is 5.93. The van der Waals surface area contributed by atoms with Crippen LogP contribution in [0.25, 0.3) is 0 Å². The number of ether oxygens (including phenoxy) is 2. The van der Waals surface area contributed by atoms with E-state index in [1.807, 2.05) is 25.1 Å². The lowest BCUT2D eigenvalue weighted by Gasteiger charge is -2.32. The number of hydrogen-bond donors (Lipinski definition) is 2. The van der Waals surface area contributed by atoms with E-state index in [2.05, 4.69) is 15.6 Å². The van der Waals surface area contributed by atoms with Crippen LogP contribution >= 0.6 is 0 Å². The predicted octanol–water partition coefficient (Wildman–Crippen LogP) is 3.75. The maximum atomic E-state index is 12.5. The highest BCUT2D eigenvalue weighted by Gasteiger charge is 2.32. The Kier molecular flexibility index (Phi) is 8.88. The molecule has 2 N–H and O–H groups in total. The Balaban J connectivity index is 1.76. The molecular formula is C20H31F3N4O2. The zero-order valence-electron chi connectivity index (χ0n) is 17.3. The lowest BCUT2D eigenvalue weighted by Crippen LogP contribution is -2.40. The molecule has 164 valence electrons. The van der Waals surface area contributed by atoms with Gasteiger partial charge in [0.05, 0.1) is 20.3 Å². The molecule has 6 nitrogen and oxygen atoms in total. The van der Waals surface area contributed by atoms with E-state index in [9.17, 15) is 13.2 Å². The van der Waals surface area contributed by atoms with Crippen molar-refractivity contribution in [3.05, 3.63) is 18.2 Å². The van der Waals surface area contributed by atoms with Crippen molar-refractivity contribution in [3.8, 4) is 11.5 Å². The van der Waals surface area contributed by atoms with Gasteiger partial charge in [0, 0.05) is 25.3 Å². The summed E-state index contributed by atoms with van der Waals surface area (Å²) < 4.78 is 48.3. The van der Waals surface area contributed by atoms with E-state index in [0.29, 0.717) is 49.6 Å². The zero-order valence-corrected chi connectivity index (χ0v) is 17.3. The molecule has 0 amide bonds. The minimum Gasteiger partial charge on any atom is -0.493 e. The average Bonchev–Trinajstić information content (AvgIpc) is 2.68. The molecular weight excluding hydrogens is 385 g/mol. The summed E-state index contributed by atoms with van der Waals surface area (Å²) >= 11 is 0. The summed E-state index contributed by atoms with van der Waals surface area (Å²) in [5.41, 5.74) is 0.818. The maximum Gasteiger partial charge on any atom is 0.401 e. The molecule has 1 saturated heterocycles. The Hall–Kier alpha value is -2.16. The number of halogens is 3. The number of methoxy groups -OCH3 is 1. The lowest BCUT2D eigenvalue weighted by atomic mass is 9.93. The van der Waals surface area contributed by atoms with Crippen LogP contribution in [0, 0.1) is 5.92 Å². The molecule has 0 bridgehead atoms. The smallest absolute Gasteiger partial charge is 0.401 e. The second-order valence-electron chi connectivity index (χ2n) is 7.05. The first kappa shape index (κ1) is 23.1. The van der Waals surface area contributed by atoms with Gasteiger partial charge in [0.15, 0.2) is 17.5 Å². The molecule has 1 aromatic rings. The van der Waals surface area contributed by atoms with E-state index in [1.54, 1.807) is 14.2 Å². The topological polar surface area (TPSA) is 58.1 Å². The van der Waals surface area contributed by atoms with Gasteiger partial charge in [0.25, 0.3) is 0 Å². The Bertz CT molecular complexity index is 660. The highest BCUT2D eigenvalue weighted by atomic mass is 19.4. The van der Waals surface area contributed by atoms with Crippen LogP contribution in [0.3, 0.4) is 0 Å². The summed E-state index contributed by atoms with van der Waals surface area (Å²) in [5, 5.41) is 6.48. The van der Waals surface area contributed by atoms with Crippen LogP contribution in [0.5, 0.6) is 11.5 Å². The van der Waals surface area contributed by atoms with Gasteiger partial charge in [-0.2, -0.15) is 13.2 Å². The van der Waals surface area contributed by atoms with Crippen LogP contribution in [0.4, 0.5) is 18.9 Å². The molecule has 1 aliphatic heterocycles. The zero-order chi connectivity index (χ0) is 21.3. The van der Waals surface area contributed by atoms with Crippen molar-refractivity contribution in [2.24, 2.45) is 10.9 Å². The minimum absolute atomic E-state index is 0.427. The first-order valence-electron chi connectivity index (χ1n) is 9.92. The van der Waals surface area contributed by atoms with E-state index in [1.165, 1.54) is 4.90 Å². The molecule has 0 atom stereocenters. The fourth-order valence-electron chi connectivity index (χ4n) is 3.42. The third-order valence-corrected chi connectivity index (χ3v) is 4.90. The average molecular weight is 416 g/mol. The summed E-state index contributed by atoms with van der Waals surface area (Å²) in [6.07, 6.45) is -1.64. The second-order valence-corrected chi connectivity index (χ2v) is 7.05. The molecule has 0 saturated carbocycles. The van der Waals surface area contributed by atoms with Crippen molar-refractivity contribution in [1.29, 1.82) is 0 Å². The number of anilines is 1. The molecule has 0 radical (unpaired) electrons. The standard InChI is InChI=1S/C20H31F3N4O2/c1-4-29-17-6-5-16(13-18(17)28-3)26-19(24-2)25-10-7-15-8-11-27(12-9-15)14-20(21,22)23/h5-6,13,15H,4,7-12,14H2,1-3H3,(H2,24,25,26). The fourth-order valence-corrected chi connectivity index (χ4v) is 3.42. The van der Waals surface area contributed by atoms with E-state index in [0.717, 1.165) is 24.9 Å². The maximum absolute atomic E-state index is 12.5. The van der Waals surface area contributed by atoms with Gasteiger partial charge >= 0.3 is 6.18 Å². The summed E-state index contributed by atoms with van der Waals surface area (Å²) in [6, 6.07) is 5.57. The molecule has 1 heterocycles. The molecule has 1 aromatic carbocycles. The number of alkyl halides is 3. The summed E-state index contributed by atoms with van der Waals surface area (Å²) in [7, 11) is 3.28. The number of likely N-dealkylation sites (tertiary alicyclic amines) is 1. The molecule has 2 rings (SSSR count). The Morgan fingerprint density at radius 2 is 1.97 bits per heavy atom. The van der Waals surface area contributed by atoms with Crippen molar-refractivity contribution >= 4 is 11.6 Å². The quantitative estimate of drug-likeness (QED) is 0.499. The molecule has 0 aromatic heterocycles. The molecule has 9 heteroatoms. The molecule has 0 aliphatic carbocycles. The molecule has 1 aliphatic rings. The van der Waals surface area contributed by atoms with Gasteiger partial charge in [0.2, 0.25) is 0 Å². The van der Waals surface area contributed by atoms with Crippen LogP contribution < -0.4 is 20.1 Å². The third kappa shape index (κ3) is 8.00. The van der Waals surface area contributed by atoms with E-state index >= 15 is 0 Å². The Morgan fingerprint density at radius 3 is 2.55 bits per heavy atom. The van der Waals surface area contributed by atoms with Crippen LogP contribution in [0.2, 0.25) is 0 Å². The van der Waals surface area contributed by atoms with Crippen molar-refractivity contribution in [1.82, 2.24) is 10.2 Å². The van der Waals surface area contributed by atoms with Crippen LogP contribution in [0.1, 0.15) is 26.2 Å². The lowest BCUT2D eigenvalue weighted by molar-refractivity contribution is -0.148. The summed E-state index contributed by atoms with van der Waals surface area (Å²) in [6.45, 7) is 3.38. The molecule has 0 unspecified atom stereocenters. The van der Waals surface area contributed by atoms with Crippen molar-refractivity contribution in [2.75, 3.05) is 52.3 Å². The number of nitrogens with zero attached hydrogens (tertiary/aromatic N) is 2. The first-order chi connectivity index (χ1) is 13.8. The highest BCUT2D eigenvalue weighted by Crippen LogP contribution is 2.30. The largest absolute Gasteiger partial charge is 0.493 e. The molecule has 1 fully saturated rings. The summed E-state index contributed by atoms with van der Waals surface area (Å²) in [4.78, 5) is 5.71. The van der Waals surface area contributed by atoms with Crippen LogP contribution in [-0.2, 0) is 0 Å². The minimum atomic E-state index is -4.11. The van der Waals surface area contributed by atoms with Crippen molar-refractivity contribution < 1.29 is 22.6 Å². The van der Waals surface area contributed by atoms with Gasteiger partial charge < -0.3 is 20.1 Å². The molecule has 29 heavy (non-hydrogen) atoms. The van der Waals surface area contributed by atoms with Gasteiger partial charge in [-0.15, -0.1) is 0 Å². The van der Waals surface area contributed by atoms with E-state index in [4.69, 9.17) is 9.47 Å². The van der Waals surface area contributed by atoms with E-state index < -0.39 is 12.7 Å². The van der Waals surface area contributed by atoms with Gasteiger partial charge in [-0.1, -0.05) is 0 Å². The number of nitrogens with one attached hydrogen (secondary N) is 2. The molecule has 0 spiro atoms. The fraction of sp³-hybridized carbons (Fsp3) is 0.650. The number of piperidine rings is 1. The third-order valence-electron chi connectivity index (χ3n) is 4.90. The first-order valence-corrected chi connectivity index (χ1v) is 9.92. The monoisotopic (exact) mass is 416 g/mol. The van der Waals surface area contributed by atoms with Gasteiger partial charge in [-0.3, -0.25) is 9.89 Å². The van der Waals surface area contributed by atoms with Crippen LogP contribution in [-0.4, -0.2) is 64.0 Å². The number of benzene rings is 1. The SMILES string of the molecule is CCOc1ccc(NC(=NC)NCCC2CCN(CC(F)(F)F)CC2)cc1OC. The number of aliphatic imine (C=N–C) groups is 1. The number of rotatable bonds is 8. The number of hydrogen-bond acceptors (Lipinski definition) is 4. The van der Waals surface area contributed by atoms with Gasteiger partial charge in [0.1, 0.15) is 0 Å². The normalized spacial score (nSPS) is 16.6. The van der Waals surface area contributed by atoms with Gasteiger partial charge in [-0.05, 0) is 57.3 Å². The predicted molar refractivity (Wildman–Crippen MR) is 109 cm³/mol. The van der Waals surface area contributed by atoms with Crippen molar-refractivity contribution in [3.63, 3.8) is 0 Å². The summed E-state index contributed by atoms with van der Waals surface area (Å²) in [5.74, 6) is 2.37. The van der Waals surface area contributed by atoms with E-state index in [-0.39, 0.29) is 0 Å². The van der Waals surface area contributed by atoms with Crippen molar-refractivity contribution in [2.45, 2.75) is 32.4 Å². The Morgan fingerprint density at radius 1 is 1.24 bits per heavy atom. The van der Waals surface area contributed by atoms with Crippen LogP contribution in [0.15, 0.2) is 23.2 Å². The second kappa shape index (κ2) is 11.1. The number of guanidine groups is 1.